The number of nitrogens with one attached hydrogen (secondary N) is 2. The fourth-order valence-corrected chi connectivity index (χ4v) is 3.83. The first-order valence-electron chi connectivity index (χ1n) is 10.4. The number of imidazole rings is 1. The van der Waals surface area contributed by atoms with Crippen LogP contribution < -0.4 is 10.6 Å². The van der Waals surface area contributed by atoms with Gasteiger partial charge >= 0.3 is 0 Å². The highest BCUT2D eigenvalue weighted by Gasteiger charge is 2.34. The van der Waals surface area contributed by atoms with Crippen LogP contribution in [-0.2, 0) is 17.9 Å². The van der Waals surface area contributed by atoms with E-state index < -0.39 is 34.8 Å². The number of hydrogen-bond acceptors (Lipinski definition) is 4. The van der Waals surface area contributed by atoms with Gasteiger partial charge in [0.25, 0.3) is 5.91 Å². The molecule has 174 valence electrons. The predicted molar refractivity (Wildman–Crippen MR) is 113 cm³/mol. The van der Waals surface area contributed by atoms with E-state index in [4.69, 9.17) is 0 Å². The van der Waals surface area contributed by atoms with Crippen LogP contribution in [0.4, 0.5) is 13.2 Å². The lowest BCUT2D eigenvalue weighted by Gasteiger charge is -2.29. The molecule has 2 amide bonds. The first-order chi connectivity index (χ1) is 14.9. The molecule has 1 aromatic carbocycles. The Morgan fingerprint density at radius 1 is 1.12 bits per heavy atom. The van der Waals surface area contributed by atoms with Gasteiger partial charge in [0.05, 0.1) is 5.69 Å². The summed E-state index contributed by atoms with van der Waals surface area (Å²) in [6.07, 6.45) is 0.725. The minimum atomic E-state index is -1.56. The molecule has 2 aromatic rings. The molecule has 7 nitrogen and oxygen atoms in total. The Morgan fingerprint density at radius 2 is 1.75 bits per heavy atom. The third kappa shape index (κ3) is 4.64. The Bertz CT molecular complexity index is 1020. The summed E-state index contributed by atoms with van der Waals surface area (Å²) in [5.74, 6) is -4.97. The maximum atomic E-state index is 13.9. The van der Waals surface area contributed by atoms with Gasteiger partial charge in [0.2, 0.25) is 5.91 Å². The molecule has 10 heteroatoms. The van der Waals surface area contributed by atoms with Gasteiger partial charge in [0.15, 0.2) is 23.1 Å². The normalized spacial score (nSPS) is 15.6. The fourth-order valence-electron chi connectivity index (χ4n) is 3.83. The van der Waals surface area contributed by atoms with Gasteiger partial charge < -0.3 is 20.1 Å². The van der Waals surface area contributed by atoms with E-state index in [0.717, 1.165) is 25.1 Å². The van der Waals surface area contributed by atoms with Crippen LogP contribution in [-0.4, -0.2) is 52.9 Å². The highest BCUT2D eigenvalue weighted by molar-refractivity contribution is 5.97. The molecule has 2 N–H and O–H groups in total. The number of carbonyl (C=O) groups is 2. The maximum absolute atomic E-state index is 13.9. The monoisotopic (exact) mass is 451 g/mol. The number of fused-ring (bicyclic) bond motifs is 1. The summed E-state index contributed by atoms with van der Waals surface area (Å²) in [6.45, 7) is 7.06. The van der Waals surface area contributed by atoms with Crippen molar-refractivity contribution >= 4 is 11.8 Å². The predicted octanol–water partition coefficient (Wildman–Crippen LogP) is 2.69. The topological polar surface area (TPSA) is 79.3 Å². The standard InChI is InChI=1S/C22H28F3N5O2/c1-22(2,3)18(21(32)26-4)28-20(31)17-15-11-29(5)7-6-8-30(15)19(27-17)12-9-13(23)16(25)14(24)10-12/h9-10,18H,6-8,11H2,1-5H3,(H,26,32)(H,28,31)/t18-/m1/s1. The zero-order valence-corrected chi connectivity index (χ0v) is 18.9. The summed E-state index contributed by atoms with van der Waals surface area (Å²) in [5, 5.41) is 5.30. The molecule has 0 bridgehead atoms. The third-order valence-corrected chi connectivity index (χ3v) is 5.52. The second-order valence-electron chi connectivity index (χ2n) is 9.11. The third-order valence-electron chi connectivity index (χ3n) is 5.52. The number of hydrogen-bond donors (Lipinski definition) is 2. The molecule has 0 unspecified atom stereocenters. The average molecular weight is 451 g/mol. The number of benzene rings is 1. The van der Waals surface area contributed by atoms with Crippen molar-refractivity contribution in [2.45, 2.75) is 46.3 Å². The van der Waals surface area contributed by atoms with Gasteiger partial charge in [-0.2, -0.15) is 0 Å². The Kier molecular flexibility index (Phi) is 6.64. The van der Waals surface area contributed by atoms with E-state index in [9.17, 15) is 22.8 Å². The lowest BCUT2D eigenvalue weighted by Crippen LogP contribution is -2.53. The Hall–Kier alpha value is -2.88. The molecule has 0 fully saturated rings. The minimum Gasteiger partial charge on any atom is -0.357 e. The molecule has 1 aliphatic heterocycles. The first kappa shape index (κ1) is 23.8. The van der Waals surface area contributed by atoms with Gasteiger partial charge in [-0.1, -0.05) is 20.8 Å². The van der Waals surface area contributed by atoms with Gasteiger partial charge in [0.1, 0.15) is 11.9 Å². The van der Waals surface area contributed by atoms with E-state index in [1.165, 1.54) is 7.05 Å². The van der Waals surface area contributed by atoms with Crippen LogP contribution in [0.2, 0.25) is 0 Å². The van der Waals surface area contributed by atoms with Crippen molar-refractivity contribution in [3.05, 3.63) is 41.0 Å². The number of carbonyl (C=O) groups excluding carboxylic acids is 2. The number of nitrogens with zero attached hydrogens (tertiary/aromatic N) is 3. The Balaban J connectivity index is 2.10. The number of aromatic nitrogens is 2. The van der Waals surface area contributed by atoms with Crippen molar-refractivity contribution in [2.24, 2.45) is 5.41 Å². The van der Waals surface area contributed by atoms with Crippen LogP contribution in [0.15, 0.2) is 12.1 Å². The SMILES string of the molecule is CNC(=O)[C@@H](NC(=O)c1nc(-c2cc(F)c(F)c(F)c2)n2c1CN(C)CCC2)C(C)(C)C. The van der Waals surface area contributed by atoms with Gasteiger partial charge in [-0.3, -0.25) is 9.59 Å². The second-order valence-corrected chi connectivity index (χ2v) is 9.11. The molecule has 0 saturated carbocycles. The van der Waals surface area contributed by atoms with Crippen LogP contribution >= 0.6 is 0 Å². The minimum absolute atomic E-state index is 0.0323. The lowest BCUT2D eigenvalue weighted by molar-refractivity contribution is -0.124. The number of halogens is 3. The lowest BCUT2D eigenvalue weighted by atomic mass is 9.86. The molecule has 3 rings (SSSR count). The summed E-state index contributed by atoms with van der Waals surface area (Å²) >= 11 is 0. The smallest absolute Gasteiger partial charge is 0.272 e. The van der Waals surface area contributed by atoms with Crippen LogP contribution in [0, 0.1) is 22.9 Å². The Labute approximate surface area is 185 Å². The molecule has 1 aliphatic rings. The quantitative estimate of drug-likeness (QED) is 0.701. The molecule has 1 atom stereocenters. The van der Waals surface area contributed by atoms with Crippen LogP contribution in [0.3, 0.4) is 0 Å². The van der Waals surface area contributed by atoms with E-state index >= 15 is 0 Å². The maximum Gasteiger partial charge on any atom is 0.272 e. The van der Waals surface area contributed by atoms with Gasteiger partial charge in [-0.15, -0.1) is 0 Å². The van der Waals surface area contributed by atoms with Crippen molar-refractivity contribution in [1.29, 1.82) is 0 Å². The number of amides is 2. The summed E-state index contributed by atoms with van der Waals surface area (Å²) in [6, 6.07) is 0.907. The Morgan fingerprint density at radius 3 is 2.31 bits per heavy atom. The molecule has 2 heterocycles. The first-order valence-corrected chi connectivity index (χ1v) is 10.4. The summed E-state index contributed by atoms with van der Waals surface area (Å²) in [4.78, 5) is 32.0. The van der Waals surface area contributed by atoms with E-state index in [-0.39, 0.29) is 23.0 Å². The van der Waals surface area contributed by atoms with Crippen molar-refractivity contribution in [1.82, 2.24) is 25.1 Å². The number of rotatable bonds is 4. The van der Waals surface area contributed by atoms with E-state index in [0.29, 0.717) is 18.8 Å². The molecule has 0 saturated heterocycles. The second kappa shape index (κ2) is 8.93. The molecule has 32 heavy (non-hydrogen) atoms. The molecular formula is C22H28F3N5O2. The summed E-state index contributed by atoms with van der Waals surface area (Å²) in [5.41, 5.74) is 0.0871. The van der Waals surface area contributed by atoms with E-state index in [2.05, 4.69) is 15.6 Å². The van der Waals surface area contributed by atoms with Gasteiger partial charge in [0, 0.05) is 25.7 Å². The van der Waals surface area contributed by atoms with E-state index in [1.807, 2.05) is 32.7 Å². The average Bonchev–Trinajstić information content (AvgIpc) is 2.95. The molecule has 1 aromatic heterocycles. The van der Waals surface area contributed by atoms with Gasteiger partial charge in [-0.25, -0.2) is 18.2 Å². The van der Waals surface area contributed by atoms with Crippen LogP contribution in [0.1, 0.15) is 43.4 Å². The van der Waals surface area contributed by atoms with Crippen LogP contribution in [0.5, 0.6) is 0 Å². The molecule has 0 spiro atoms. The van der Waals surface area contributed by atoms with Crippen molar-refractivity contribution < 1.29 is 22.8 Å². The zero-order chi connectivity index (χ0) is 23.8. The molecule has 0 radical (unpaired) electrons. The van der Waals surface area contributed by atoms with Crippen molar-refractivity contribution in [2.75, 3.05) is 20.6 Å². The van der Waals surface area contributed by atoms with Gasteiger partial charge in [-0.05, 0) is 37.6 Å². The van der Waals surface area contributed by atoms with Crippen molar-refractivity contribution in [3.63, 3.8) is 0 Å². The fraction of sp³-hybridized carbons (Fsp3) is 0.500. The molecular weight excluding hydrogens is 423 g/mol. The molecule has 0 aliphatic carbocycles. The van der Waals surface area contributed by atoms with E-state index in [1.54, 1.807) is 4.57 Å². The number of likely N-dealkylation sites (N-methyl/N-ethyl adjacent to an activating group) is 1. The van der Waals surface area contributed by atoms with Crippen LogP contribution in [0.25, 0.3) is 11.4 Å². The summed E-state index contributed by atoms with van der Waals surface area (Å²) < 4.78 is 43.1. The largest absolute Gasteiger partial charge is 0.357 e. The zero-order valence-electron chi connectivity index (χ0n) is 18.9. The highest BCUT2D eigenvalue weighted by Crippen LogP contribution is 2.29. The highest BCUT2D eigenvalue weighted by atomic mass is 19.2. The van der Waals surface area contributed by atoms with Crippen molar-refractivity contribution in [3.8, 4) is 11.4 Å². The summed E-state index contributed by atoms with van der Waals surface area (Å²) in [7, 11) is 3.38.